The molecule has 3 heteroatoms. The Morgan fingerprint density at radius 2 is 1.90 bits per heavy atom. The van der Waals surface area contributed by atoms with Crippen LogP contribution in [0.4, 0.5) is 0 Å². The third-order valence-electron chi connectivity index (χ3n) is 4.01. The Hall–Kier alpha value is -1.84. The summed E-state index contributed by atoms with van der Waals surface area (Å²) in [5, 5.41) is 10.8. The van der Waals surface area contributed by atoms with Crippen LogP contribution in [0.5, 0.6) is 5.75 Å². The summed E-state index contributed by atoms with van der Waals surface area (Å²) in [6.45, 7) is 2.18. The highest BCUT2D eigenvalue weighted by atomic mass is 16.5. The highest BCUT2D eigenvalue weighted by Crippen LogP contribution is 2.42. The molecule has 0 fully saturated rings. The van der Waals surface area contributed by atoms with Crippen molar-refractivity contribution in [2.24, 2.45) is 5.73 Å². The van der Waals surface area contributed by atoms with Gasteiger partial charge in [-0.15, -0.1) is 0 Å². The molecular formula is C17H19NO2. The SMILES string of the molecule is Cc1ccccc1O[C@@H]1c2ccccc2C[C@]1(O)CN. The Morgan fingerprint density at radius 1 is 1.20 bits per heavy atom. The zero-order valence-corrected chi connectivity index (χ0v) is 11.5. The van der Waals surface area contributed by atoms with Gasteiger partial charge in [-0.2, -0.15) is 0 Å². The van der Waals surface area contributed by atoms with E-state index in [-0.39, 0.29) is 6.54 Å². The normalized spacial score (nSPS) is 24.4. The molecule has 3 rings (SSSR count). The monoisotopic (exact) mass is 269 g/mol. The third kappa shape index (κ3) is 2.09. The molecule has 0 spiro atoms. The average molecular weight is 269 g/mol. The summed E-state index contributed by atoms with van der Waals surface area (Å²) >= 11 is 0. The molecule has 0 saturated heterocycles. The van der Waals surface area contributed by atoms with E-state index in [1.54, 1.807) is 0 Å². The maximum absolute atomic E-state index is 10.8. The van der Waals surface area contributed by atoms with E-state index in [0.717, 1.165) is 22.4 Å². The second-order valence-electron chi connectivity index (χ2n) is 5.45. The van der Waals surface area contributed by atoms with Crippen molar-refractivity contribution < 1.29 is 9.84 Å². The molecular weight excluding hydrogens is 250 g/mol. The van der Waals surface area contributed by atoms with Crippen LogP contribution in [0.15, 0.2) is 48.5 Å². The minimum Gasteiger partial charge on any atom is -0.482 e. The number of ether oxygens (including phenoxy) is 1. The van der Waals surface area contributed by atoms with Crippen LogP contribution in [0, 0.1) is 6.92 Å². The summed E-state index contributed by atoms with van der Waals surface area (Å²) in [7, 11) is 0. The molecule has 20 heavy (non-hydrogen) atoms. The van der Waals surface area contributed by atoms with Crippen molar-refractivity contribution in [1.82, 2.24) is 0 Å². The number of hydrogen-bond acceptors (Lipinski definition) is 3. The number of aryl methyl sites for hydroxylation is 1. The topological polar surface area (TPSA) is 55.5 Å². The average Bonchev–Trinajstić information content (AvgIpc) is 2.75. The second-order valence-corrected chi connectivity index (χ2v) is 5.45. The predicted octanol–water partition coefficient (Wildman–Crippen LogP) is 2.36. The van der Waals surface area contributed by atoms with Gasteiger partial charge in [-0.3, -0.25) is 0 Å². The van der Waals surface area contributed by atoms with Crippen molar-refractivity contribution in [3.05, 3.63) is 65.2 Å². The van der Waals surface area contributed by atoms with Crippen LogP contribution in [0.2, 0.25) is 0 Å². The largest absolute Gasteiger partial charge is 0.482 e. The van der Waals surface area contributed by atoms with Gasteiger partial charge in [0.05, 0.1) is 0 Å². The maximum Gasteiger partial charge on any atom is 0.154 e. The highest BCUT2D eigenvalue weighted by Gasteiger charge is 2.45. The lowest BCUT2D eigenvalue weighted by Gasteiger charge is -2.30. The fourth-order valence-corrected chi connectivity index (χ4v) is 2.83. The minimum atomic E-state index is -1.04. The van der Waals surface area contributed by atoms with Crippen LogP contribution in [0.3, 0.4) is 0 Å². The van der Waals surface area contributed by atoms with Gasteiger partial charge >= 0.3 is 0 Å². The summed E-state index contributed by atoms with van der Waals surface area (Å²) in [5.74, 6) is 0.793. The van der Waals surface area contributed by atoms with Gasteiger partial charge in [0, 0.05) is 13.0 Å². The fourth-order valence-electron chi connectivity index (χ4n) is 2.83. The van der Waals surface area contributed by atoms with Gasteiger partial charge in [0.25, 0.3) is 0 Å². The van der Waals surface area contributed by atoms with Gasteiger partial charge in [0.2, 0.25) is 0 Å². The van der Waals surface area contributed by atoms with E-state index in [1.807, 2.05) is 55.5 Å². The summed E-state index contributed by atoms with van der Waals surface area (Å²) in [6.07, 6.45) is 0.126. The molecule has 2 aromatic rings. The lowest BCUT2D eigenvalue weighted by molar-refractivity contribution is -0.0440. The molecule has 0 unspecified atom stereocenters. The molecule has 0 radical (unpaired) electrons. The molecule has 3 nitrogen and oxygen atoms in total. The van der Waals surface area contributed by atoms with Gasteiger partial charge in [-0.25, -0.2) is 0 Å². The number of aliphatic hydroxyl groups is 1. The lowest BCUT2D eigenvalue weighted by Crippen LogP contribution is -2.44. The van der Waals surface area contributed by atoms with E-state index in [1.165, 1.54) is 0 Å². The standard InChI is InChI=1S/C17H19NO2/c1-12-6-2-5-9-15(12)20-16-14-8-4-3-7-13(14)10-17(16,19)11-18/h2-9,16,19H,10-11,18H2,1H3/t16-,17+/m1/s1. The van der Waals surface area contributed by atoms with Crippen molar-refractivity contribution in [1.29, 1.82) is 0 Å². The zero-order valence-electron chi connectivity index (χ0n) is 11.5. The van der Waals surface area contributed by atoms with Gasteiger partial charge in [-0.1, -0.05) is 42.5 Å². The first kappa shape index (κ1) is 13.2. The number of para-hydroxylation sites is 1. The van der Waals surface area contributed by atoms with Crippen molar-refractivity contribution in [3.63, 3.8) is 0 Å². The predicted molar refractivity (Wildman–Crippen MR) is 78.7 cm³/mol. The minimum absolute atomic E-state index is 0.179. The summed E-state index contributed by atoms with van der Waals surface area (Å²) in [5.41, 5.74) is 7.96. The van der Waals surface area contributed by atoms with Crippen molar-refractivity contribution in [2.45, 2.75) is 25.0 Å². The third-order valence-corrected chi connectivity index (χ3v) is 4.01. The molecule has 3 N–H and O–H groups in total. The summed E-state index contributed by atoms with van der Waals surface area (Å²) in [6, 6.07) is 15.8. The van der Waals surface area contributed by atoms with Crippen LogP contribution < -0.4 is 10.5 Å². The highest BCUT2D eigenvalue weighted by molar-refractivity contribution is 5.41. The molecule has 0 saturated carbocycles. The second kappa shape index (κ2) is 4.93. The van der Waals surface area contributed by atoms with Gasteiger partial charge < -0.3 is 15.6 Å². The molecule has 1 aliphatic carbocycles. The van der Waals surface area contributed by atoms with Crippen molar-refractivity contribution in [2.75, 3.05) is 6.54 Å². The molecule has 2 aromatic carbocycles. The molecule has 104 valence electrons. The Labute approximate surface area is 119 Å². The molecule has 0 heterocycles. The van der Waals surface area contributed by atoms with Crippen molar-refractivity contribution in [3.8, 4) is 5.75 Å². The first-order valence-corrected chi connectivity index (χ1v) is 6.86. The van der Waals surface area contributed by atoms with E-state index in [4.69, 9.17) is 10.5 Å². The van der Waals surface area contributed by atoms with Gasteiger partial charge in [-0.05, 0) is 29.7 Å². The number of benzene rings is 2. The Balaban J connectivity index is 2.00. The van der Waals surface area contributed by atoms with Gasteiger partial charge in [0.15, 0.2) is 6.10 Å². The lowest BCUT2D eigenvalue weighted by atomic mass is 9.97. The number of fused-ring (bicyclic) bond motifs is 1. The van der Waals surface area contributed by atoms with Crippen LogP contribution in [0.25, 0.3) is 0 Å². The number of hydrogen-bond donors (Lipinski definition) is 2. The molecule has 0 amide bonds. The van der Waals surface area contributed by atoms with E-state index < -0.39 is 11.7 Å². The van der Waals surface area contributed by atoms with E-state index in [0.29, 0.717) is 6.42 Å². The maximum atomic E-state index is 10.8. The molecule has 2 atom stereocenters. The fraction of sp³-hybridized carbons (Fsp3) is 0.294. The Bertz CT molecular complexity index is 626. The summed E-state index contributed by atoms with van der Waals surface area (Å²) in [4.78, 5) is 0. The number of nitrogens with two attached hydrogens (primary N) is 1. The van der Waals surface area contributed by atoms with E-state index in [2.05, 4.69) is 0 Å². The Kier molecular flexibility index (Phi) is 3.24. The molecule has 0 bridgehead atoms. The van der Waals surface area contributed by atoms with Crippen LogP contribution in [-0.4, -0.2) is 17.3 Å². The van der Waals surface area contributed by atoms with E-state index in [9.17, 15) is 5.11 Å². The Morgan fingerprint density at radius 3 is 2.65 bits per heavy atom. The first-order valence-electron chi connectivity index (χ1n) is 6.86. The van der Waals surface area contributed by atoms with Gasteiger partial charge in [0.1, 0.15) is 11.4 Å². The van der Waals surface area contributed by atoms with Crippen LogP contribution in [-0.2, 0) is 6.42 Å². The molecule has 1 aliphatic rings. The molecule has 0 aromatic heterocycles. The van der Waals surface area contributed by atoms with Crippen LogP contribution in [0.1, 0.15) is 22.8 Å². The van der Waals surface area contributed by atoms with E-state index >= 15 is 0 Å². The smallest absolute Gasteiger partial charge is 0.154 e. The zero-order chi connectivity index (χ0) is 14.2. The first-order chi connectivity index (χ1) is 9.64. The van der Waals surface area contributed by atoms with Crippen molar-refractivity contribution >= 4 is 0 Å². The summed E-state index contributed by atoms with van der Waals surface area (Å²) < 4.78 is 6.11. The van der Waals surface area contributed by atoms with Crippen LogP contribution >= 0.6 is 0 Å². The quantitative estimate of drug-likeness (QED) is 0.899. The molecule has 0 aliphatic heterocycles. The number of rotatable bonds is 3.